The predicted molar refractivity (Wildman–Crippen MR) is 128 cm³/mol. The van der Waals surface area contributed by atoms with Gasteiger partial charge in [-0.25, -0.2) is 0 Å². The van der Waals surface area contributed by atoms with Crippen molar-refractivity contribution in [1.82, 2.24) is 10.6 Å². The van der Waals surface area contributed by atoms with Crippen LogP contribution in [0.25, 0.3) is 0 Å². The van der Waals surface area contributed by atoms with Crippen LogP contribution in [-0.4, -0.2) is 58.5 Å². The number of ether oxygens (including phenoxy) is 2. The van der Waals surface area contributed by atoms with E-state index >= 15 is 0 Å². The highest BCUT2D eigenvalue weighted by Gasteiger charge is 2.25. The van der Waals surface area contributed by atoms with Gasteiger partial charge in [0.25, 0.3) is 0 Å². The average molecular weight is 504 g/mol. The third-order valence-corrected chi connectivity index (χ3v) is 5.02. The second-order valence-electron chi connectivity index (χ2n) is 7.27. The van der Waals surface area contributed by atoms with Gasteiger partial charge in [0.15, 0.2) is 5.96 Å². The average Bonchev–Trinajstić information content (AvgIpc) is 3.14. The number of nitrogens with one attached hydrogen (secondary N) is 2. The van der Waals surface area contributed by atoms with Gasteiger partial charge < -0.3 is 25.0 Å². The van der Waals surface area contributed by atoms with Crippen LogP contribution in [0.5, 0.6) is 5.75 Å². The summed E-state index contributed by atoms with van der Waals surface area (Å²) in [4.78, 5) is 6.75. The number of benzene rings is 1. The molecule has 0 spiro atoms. The van der Waals surface area contributed by atoms with Crippen molar-refractivity contribution in [3.8, 4) is 5.75 Å². The molecule has 1 aromatic carbocycles. The molecule has 0 radical (unpaired) electrons. The summed E-state index contributed by atoms with van der Waals surface area (Å²) in [5, 5.41) is 6.99. The van der Waals surface area contributed by atoms with E-state index < -0.39 is 0 Å². The second-order valence-corrected chi connectivity index (χ2v) is 7.27. The highest BCUT2D eigenvalue weighted by molar-refractivity contribution is 14.0. The lowest BCUT2D eigenvalue weighted by molar-refractivity contribution is 0.0258. The van der Waals surface area contributed by atoms with Crippen LogP contribution >= 0.6 is 24.0 Å². The number of hydrogen-bond donors (Lipinski definition) is 2. The van der Waals surface area contributed by atoms with Gasteiger partial charge >= 0.3 is 0 Å². The summed E-state index contributed by atoms with van der Waals surface area (Å²) < 4.78 is 11.3. The summed E-state index contributed by atoms with van der Waals surface area (Å²) in [6, 6.07) is 8.57. The maximum atomic E-state index is 5.82. The van der Waals surface area contributed by atoms with E-state index in [0.29, 0.717) is 12.0 Å². The first-order valence-electron chi connectivity index (χ1n) is 10.1. The molecule has 0 amide bonds. The summed E-state index contributed by atoms with van der Waals surface area (Å²) in [5.41, 5.74) is 1.16. The third kappa shape index (κ3) is 7.31. The van der Waals surface area contributed by atoms with Crippen molar-refractivity contribution in [3.05, 3.63) is 24.3 Å². The van der Waals surface area contributed by atoms with Crippen LogP contribution in [0.1, 0.15) is 33.6 Å². The van der Waals surface area contributed by atoms with E-state index in [1.807, 2.05) is 19.2 Å². The number of nitrogens with zero attached hydrogens (tertiary/aromatic N) is 2. The highest BCUT2D eigenvalue weighted by atomic mass is 127. The fraction of sp³-hybridized carbons (Fsp3) is 0.667. The number of rotatable bonds is 9. The van der Waals surface area contributed by atoms with Crippen molar-refractivity contribution < 1.29 is 9.47 Å². The molecule has 2 N–H and O–H groups in total. The van der Waals surface area contributed by atoms with E-state index in [-0.39, 0.29) is 30.1 Å². The molecule has 1 fully saturated rings. The molecular formula is C21H37IN4O2. The summed E-state index contributed by atoms with van der Waals surface area (Å²) in [6.07, 6.45) is 2.34. The predicted octanol–water partition coefficient (Wildman–Crippen LogP) is 3.51. The first kappa shape index (κ1) is 24.8. The smallest absolute Gasteiger partial charge is 0.191 e. The monoisotopic (exact) mass is 504 g/mol. The fourth-order valence-electron chi connectivity index (χ4n) is 3.53. The van der Waals surface area contributed by atoms with Gasteiger partial charge in [0.05, 0.1) is 18.9 Å². The number of guanidine groups is 1. The topological polar surface area (TPSA) is 58.1 Å². The van der Waals surface area contributed by atoms with Crippen LogP contribution in [0.3, 0.4) is 0 Å². The molecule has 6 nitrogen and oxygen atoms in total. The van der Waals surface area contributed by atoms with E-state index in [1.54, 1.807) is 7.11 Å². The Balaban J connectivity index is 0.00000392. The SMILES string of the molecule is CCOC(CCNC(=NC)NC1CCN(c2ccccc2OC)C1)C(C)C.I. The summed E-state index contributed by atoms with van der Waals surface area (Å²) >= 11 is 0. The van der Waals surface area contributed by atoms with Crippen LogP contribution in [0.15, 0.2) is 29.3 Å². The summed E-state index contributed by atoms with van der Waals surface area (Å²) in [5.74, 6) is 2.31. The van der Waals surface area contributed by atoms with Crippen LogP contribution in [0.4, 0.5) is 5.69 Å². The molecule has 1 aromatic rings. The zero-order chi connectivity index (χ0) is 19.6. The molecule has 1 saturated heterocycles. The van der Waals surface area contributed by atoms with E-state index in [4.69, 9.17) is 9.47 Å². The van der Waals surface area contributed by atoms with E-state index in [0.717, 1.165) is 56.5 Å². The normalized spacial score (nSPS) is 18.0. The minimum Gasteiger partial charge on any atom is -0.495 e. The zero-order valence-corrected chi connectivity index (χ0v) is 20.2. The number of anilines is 1. The van der Waals surface area contributed by atoms with Crippen LogP contribution in [-0.2, 0) is 4.74 Å². The molecule has 0 aromatic heterocycles. The Morgan fingerprint density at radius 1 is 1.32 bits per heavy atom. The molecule has 2 atom stereocenters. The van der Waals surface area contributed by atoms with E-state index in [1.165, 1.54) is 0 Å². The minimum absolute atomic E-state index is 0. The molecule has 28 heavy (non-hydrogen) atoms. The number of methoxy groups -OCH3 is 1. The Bertz CT molecular complexity index is 598. The van der Waals surface area contributed by atoms with E-state index in [2.05, 4.69) is 53.4 Å². The van der Waals surface area contributed by atoms with Gasteiger partial charge in [-0.1, -0.05) is 26.0 Å². The number of para-hydroxylation sites is 2. The number of hydrogen-bond acceptors (Lipinski definition) is 4. The third-order valence-electron chi connectivity index (χ3n) is 5.02. The lowest BCUT2D eigenvalue weighted by atomic mass is 10.0. The summed E-state index contributed by atoms with van der Waals surface area (Å²) in [7, 11) is 3.55. The molecule has 2 unspecified atom stereocenters. The van der Waals surface area contributed by atoms with Crippen molar-refractivity contribution in [2.24, 2.45) is 10.9 Å². The minimum atomic E-state index is 0. The molecule has 7 heteroatoms. The fourth-order valence-corrected chi connectivity index (χ4v) is 3.53. The van der Waals surface area contributed by atoms with Gasteiger partial charge in [-0.15, -0.1) is 24.0 Å². The quantitative estimate of drug-likeness (QED) is 0.306. The second kappa shape index (κ2) is 13.1. The maximum Gasteiger partial charge on any atom is 0.191 e. The molecule has 0 saturated carbocycles. The number of aliphatic imine (C=N–C) groups is 1. The molecule has 1 heterocycles. The standard InChI is InChI=1S/C21H36N4O2.HI/c1-6-27-19(16(2)3)11-13-23-21(22-4)24-17-12-14-25(15-17)18-9-7-8-10-20(18)26-5;/h7-10,16-17,19H,6,11-15H2,1-5H3,(H2,22,23,24);1H. The first-order valence-corrected chi connectivity index (χ1v) is 10.1. The van der Waals surface area contributed by atoms with Crippen molar-refractivity contribution in [3.63, 3.8) is 0 Å². The Hall–Kier alpha value is -1.22. The Labute approximate surface area is 187 Å². The van der Waals surface area contributed by atoms with Gasteiger partial charge in [-0.2, -0.15) is 0 Å². The van der Waals surface area contributed by atoms with Crippen LogP contribution in [0.2, 0.25) is 0 Å². The molecule has 0 bridgehead atoms. The van der Waals surface area contributed by atoms with Crippen LogP contribution < -0.4 is 20.3 Å². The Kier molecular flexibility index (Phi) is 11.6. The van der Waals surface area contributed by atoms with Gasteiger partial charge in [-0.05, 0) is 37.8 Å². The van der Waals surface area contributed by atoms with Crippen molar-refractivity contribution in [1.29, 1.82) is 0 Å². The molecule has 1 aliphatic heterocycles. The molecular weight excluding hydrogens is 467 g/mol. The molecule has 0 aliphatic carbocycles. The lowest BCUT2D eigenvalue weighted by Crippen LogP contribution is -2.45. The van der Waals surface area contributed by atoms with Crippen molar-refractivity contribution in [2.45, 2.75) is 45.8 Å². The number of halogens is 1. The summed E-state index contributed by atoms with van der Waals surface area (Å²) in [6.45, 7) is 10.0. The lowest BCUT2D eigenvalue weighted by Gasteiger charge is -2.23. The largest absolute Gasteiger partial charge is 0.495 e. The van der Waals surface area contributed by atoms with Crippen LogP contribution in [0, 0.1) is 5.92 Å². The highest BCUT2D eigenvalue weighted by Crippen LogP contribution is 2.30. The molecule has 160 valence electrons. The molecule has 1 aliphatic rings. The van der Waals surface area contributed by atoms with Crippen molar-refractivity contribution in [2.75, 3.05) is 45.3 Å². The maximum absolute atomic E-state index is 5.82. The Morgan fingerprint density at radius 3 is 2.71 bits per heavy atom. The first-order chi connectivity index (χ1) is 13.1. The molecule has 2 rings (SSSR count). The zero-order valence-electron chi connectivity index (χ0n) is 17.9. The Morgan fingerprint density at radius 2 is 2.07 bits per heavy atom. The van der Waals surface area contributed by atoms with Gasteiger partial charge in [-0.3, -0.25) is 4.99 Å². The van der Waals surface area contributed by atoms with Gasteiger partial charge in [0, 0.05) is 39.3 Å². The van der Waals surface area contributed by atoms with Gasteiger partial charge in [0.2, 0.25) is 0 Å². The van der Waals surface area contributed by atoms with Gasteiger partial charge in [0.1, 0.15) is 5.75 Å². The van der Waals surface area contributed by atoms with Crippen molar-refractivity contribution >= 4 is 35.6 Å². The van der Waals surface area contributed by atoms with E-state index in [9.17, 15) is 0 Å².